The molecular weight excluding hydrogens is 791 g/mol. The zero-order chi connectivity index (χ0) is 37.8. The van der Waals surface area contributed by atoms with Crippen LogP contribution in [0.15, 0.2) is 145 Å². The monoisotopic (exact) mass is 837 g/mol. The van der Waals surface area contributed by atoms with Crippen molar-refractivity contribution in [2.75, 3.05) is 0 Å². The van der Waals surface area contributed by atoms with Gasteiger partial charge in [0.25, 0.3) is 0 Å². The third-order valence-electron chi connectivity index (χ3n) is 12.5. The molecular formula is C50H49Cl2SiZr. The number of allylic oxidation sites excluding steroid dienone is 2. The molecule has 0 aliphatic heterocycles. The first-order valence-corrected chi connectivity index (χ1v) is 35.9. The fourth-order valence-corrected chi connectivity index (χ4v) is 42.9. The number of rotatable bonds is 9. The molecule has 8 rings (SSSR count). The van der Waals surface area contributed by atoms with Crippen LogP contribution in [0.25, 0.3) is 56.7 Å². The summed E-state index contributed by atoms with van der Waals surface area (Å²) in [5.74, 6) is -1.69. The fraction of sp³-hybridized carbons (Fsp3) is 0.200. The molecule has 0 saturated carbocycles. The van der Waals surface area contributed by atoms with E-state index in [4.69, 9.17) is 17.0 Å². The number of benzene rings is 6. The standard InChI is InChI=1S/2C24H21.C2H7Si.2ClH.Zr/c2*1-3-18-13-14-20-15-17(2)16-23(20)24(18)22-12-8-7-11-21(22)19-9-5-4-6-10-19;1-3-2;;;/h2*4-16H,3H2,1-2H3;3H,1-2H3;2*1H;/q;;;;;+2/p-2. The molecule has 0 radical (unpaired) electrons. The van der Waals surface area contributed by atoms with Gasteiger partial charge in [-0.25, -0.2) is 0 Å². The van der Waals surface area contributed by atoms with Crippen LogP contribution < -0.4 is 0 Å². The summed E-state index contributed by atoms with van der Waals surface area (Å²) in [5.41, 5.74) is 20.9. The van der Waals surface area contributed by atoms with Gasteiger partial charge in [-0.1, -0.05) is 0 Å². The van der Waals surface area contributed by atoms with Crippen LogP contribution in [0.5, 0.6) is 0 Å². The Morgan fingerprint density at radius 3 is 1.19 bits per heavy atom. The van der Waals surface area contributed by atoms with Gasteiger partial charge in [0.15, 0.2) is 0 Å². The van der Waals surface area contributed by atoms with E-state index >= 15 is 0 Å². The van der Waals surface area contributed by atoms with Gasteiger partial charge >= 0.3 is 334 Å². The number of halogens is 2. The van der Waals surface area contributed by atoms with Gasteiger partial charge in [-0.05, 0) is 0 Å². The van der Waals surface area contributed by atoms with Gasteiger partial charge in [0, 0.05) is 0 Å². The molecule has 54 heavy (non-hydrogen) atoms. The van der Waals surface area contributed by atoms with Gasteiger partial charge in [0.05, 0.1) is 0 Å². The second-order valence-electron chi connectivity index (χ2n) is 15.8. The summed E-state index contributed by atoms with van der Waals surface area (Å²) in [5, 5.41) is 0. The number of hydrogen-bond donors (Lipinski definition) is 0. The van der Waals surface area contributed by atoms with Gasteiger partial charge in [0.2, 0.25) is 0 Å². The summed E-state index contributed by atoms with van der Waals surface area (Å²) < 4.78 is 0.0744. The molecule has 0 fully saturated rings. The number of aryl methyl sites for hydroxylation is 2. The van der Waals surface area contributed by atoms with Crippen LogP contribution in [0, 0.1) is 0 Å². The number of fused-ring (bicyclic) bond motifs is 2. The fourth-order valence-electron chi connectivity index (χ4n) is 9.95. The van der Waals surface area contributed by atoms with E-state index in [-0.39, 0.29) is 7.25 Å². The van der Waals surface area contributed by atoms with Crippen LogP contribution in [0.2, 0.25) is 13.1 Å². The minimum atomic E-state index is -4.92. The van der Waals surface area contributed by atoms with Crippen LogP contribution in [-0.4, -0.2) is 5.92 Å². The Labute approximate surface area is 331 Å². The van der Waals surface area contributed by atoms with Crippen molar-refractivity contribution in [3.05, 3.63) is 178 Å². The Bertz CT molecular complexity index is 2290. The van der Waals surface area contributed by atoms with E-state index in [9.17, 15) is 0 Å². The van der Waals surface area contributed by atoms with Crippen LogP contribution >= 0.6 is 17.0 Å². The van der Waals surface area contributed by atoms with E-state index in [0.717, 1.165) is 12.8 Å². The molecule has 271 valence electrons. The molecule has 6 aromatic carbocycles. The molecule has 0 aromatic heterocycles. The van der Waals surface area contributed by atoms with Gasteiger partial charge < -0.3 is 0 Å². The van der Waals surface area contributed by atoms with E-state index in [1.165, 1.54) is 89.0 Å². The van der Waals surface area contributed by atoms with E-state index in [1.54, 1.807) is 0 Å². The zero-order valence-corrected chi connectivity index (χ0v) is 37.4. The summed E-state index contributed by atoms with van der Waals surface area (Å²) in [6.45, 7) is 14.1. The number of hydrogen-bond acceptors (Lipinski definition) is 0. The van der Waals surface area contributed by atoms with Crippen molar-refractivity contribution in [2.45, 2.75) is 60.9 Å². The van der Waals surface area contributed by atoms with E-state index < -0.39 is 21.5 Å². The Morgan fingerprint density at radius 2 is 0.833 bits per heavy atom. The van der Waals surface area contributed by atoms with Gasteiger partial charge in [-0.3, -0.25) is 0 Å². The summed E-state index contributed by atoms with van der Waals surface area (Å²) in [7, 11) is 17.5. The maximum absolute atomic E-state index is 8.74. The Balaban J connectivity index is 1.34. The normalized spacial score (nSPS) is 17.1. The molecule has 2 unspecified atom stereocenters. The van der Waals surface area contributed by atoms with Gasteiger partial charge in [0.1, 0.15) is 0 Å². The van der Waals surface area contributed by atoms with Gasteiger partial charge in [-0.2, -0.15) is 0 Å². The first kappa shape index (κ1) is 37.4. The van der Waals surface area contributed by atoms with Crippen molar-refractivity contribution in [3.8, 4) is 44.5 Å². The van der Waals surface area contributed by atoms with Crippen molar-refractivity contribution in [3.63, 3.8) is 0 Å². The molecule has 0 bridgehead atoms. The van der Waals surface area contributed by atoms with Crippen LogP contribution in [0.1, 0.15) is 68.3 Å². The first-order chi connectivity index (χ1) is 26.1. The molecule has 6 aromatic rings. The average Bonchev–Trinajstić information content (AvgIpc) is 3.74. The summed E-state index contributed by atoms with van der Waals surface area (Å²) in [6, 6.07) is 49.0. The third kappa shape index (κ3) is 5.87. The third-order valence-corrected chi connectivity index (χ3v) is 64.8. The van der Waals surface area contributed by atoms with Crippen LogP contribution in [0.4, 0.5) is 0 Å². The minimum absolute atomic E-state index is 0.0372. The Morgan fingerprint density at radius 1 is 0.481 bits per heavy atom. The van der Waals surface area contributed by atoms with E-state index in [1.807, 2.05) is 0 Å². The molecule has 0 heterocycles. The molecule has 0 nitrogen and oxygen atoms in total. The topological polar surface area (TPSA) is 0 Å². The quantitative estimate of drug-likeness (QED) is 0.127. The molecule has 0 saturated heterocycles. The first-order valence-electron chi connectivity index (χ1n) is 19.6. The average molecular weight is 840 g/mol. The van der Waals surface area contributed by atoms with Crippen molar-refractivity contribution in [1.82, 2.24) is 0 Å². The summed E-state index contributed by atoms with van der Waals surface area (Å²) >= 11 is -4.92. The molecule has 0 amide bonds. The SMILES string of the molecule is CCc1ccc2c(c1-c1ccccc1-c1ccccc1)C=C(C)[CH]2[Zr]([Cl])([Cl])([CH]1C(C)=Cc2c1ccc(CC)c2-c1ccccc1-c1ccccc1)[SiH](C)C. The maximum atomic E-state index is 8.74. The molecule has 4 heteroatoms. The van der Waals surface area contributed by atoms with Crippen molar-refractivity contribution < 1.29 is 15.6 Å². The predicted molar refractivity (Wildman–Crippen MR) is 237 cm³/mol. The second kappa shape index (κ2) is 14.5. The Kier molecular flexibility index (Phi) is 10.1. The molecule has 2 aliphatic carbocycles. The summed E-state index contributed by atoms with van der Waals surface area (Å²) in [4.78, 5) is 0. The van der Waals surface area contributed by atoms with Crippen molar-refractivity contribution in [1.29, 1.82) is 0 Å². The van der Waals surface area contributed by atoms with Gasteiger partial charge in [-0.15, -0.1) is 0 Å². The molecule has 0 N–H and O–H groups in total. The molecule has 0 spiro atoms. The summed E-state index contributed by atoms with van der Waals surface area (Å²) in [6.07, 6.45) is 6.82. The predicted octanol–water partition coefficient (Wildman–Crippen LogP) is 15.1. The van der Waals surface area contributed by atoms with Crippen molar-refractivity contribution >= 4 is 35.1 Å². The Hall–Kier alpha value is -3.52. The van der Waals surface area contributed by atoms with E-state index in [2.05, 4.69) is 186 Å². The van der Waals surface area contributed by atoms with Crippen LogP contribution in [-0.2, 0) is 28.4 Å². The molecule has 2 aliphatic rings. The van der Waals surface area contributed by atoms with Crippen LogP contribution in [0.3, 0.4) is 0 Å². The molecule has 2 atom stereocenters. The zero-order valence-electron chi connectivity index (χ0n) is 32.3. The van der Waals surface area contributed by atoms with Crippen molar-refractivity contribution in [2.24, 2.45) is 0 Å². The second-order valence-corrected chi connectivity index (χ2v) is 58.3. The van der Waals surface area contributed by atoms with E-state index in [0.29, 0.717) is 0 Å².